The summed E-state index contributed by atoms with van der Waals surface area (Å²) in [5.74, 6) is -0.492. The molecule has 6 N–H and O–H groups in total. The molecular formula is C10H19NO6. The number of nitrogens with one attached hydrogen (secondary N) is 1. The van der Waals surface area contributed by atoms with Crippen LogP contribution in [0.3, 0.4) is 0 Å². The quantitative estimate of drug-likeness (QED) is 0.269. The van der Waals surface area contributed by atoms with Crippen molar-refractivity contribution in [2.45, 2.75) is 31.3 Å². The van der Waals surface area contributed by atoms with Crippen LogP contribution in [0, 0.1) is 0 Å². The number of aliphatic hydroxyl groups is 5. The molecule has 1 amide bonds. The number of hydrogen-bond acceptors (Lipinski definition) is 6. The van der Waals surface area contributed by atoms with Gasteiger partial charge in [0.05, 0.1) is 12.7 Å². The molecular weight excluding hydrogens is 230 g/mol. The lowest BCUT2D eigenvalue weighted by molar-refractivity contribution is -0.123. The molecule has 0 aromatic carbocycles. The third-order valence-electron chi connectivity index (χ3n) is 2.18. The van der Waals surface area contributed by atoms with Gasteiger partial charge in [0.25, 0.3) is 0 Å². The number of carbonyl (C=O) groups is 1. The molecule has 0 bridgehead atoms. The van der Waals surface area contributed by atoms with Gasteiger partial charge in [0.15, 0.2) is 0 Å². The van der Waals surface area contributed by atoms with Crippen LogP contribution in [0.4, 0.5) is 0 Å². The maximum Gasteiger partial charge on any atom is 0.246 e. The van der Waals surface area contributed by atoms with Crippen LogP contribution in [0.1, 0.15) is 6.92 Å². The van der Waals surface area contributed by atoms with Crippen LogP contribution in [-0.4, -0.2) is 69.0 Å². The molecule has 100 valence electrons. The fourth-order valence-electron chi connectivity index (χ4n) is 1.03. The van der Waals surface area contributed by atoms with Crippen LogP contribution in [0.2, 0.25) is 0 Å². The van der Waals surface area contributed by atoms with Crippen LogP contribution >= 0.6 is 0 Å². The number of hydrogen-bond donors (Lipinski definition) is 6. The van der Waals surface area contributed by atoms with Crippen molar-refractivity contribution < 1.29 is 30.3 Å². The molecule has 4 atom stereocenters. The van der Waals surface area contributed by atoms with Crippen molar-refractivity contribution in [1.29, 1.82) is 0 Å². The minimum Gasteiger partial charge on any atom is -0.394 e. The van der Waals surface area contributed by atoms with E-state index in [1.165, 1.54) is 6.92 Å². The van der Waals surface area contributed by atoms with Gasteiger partial charge in [-0.1, -0.05) is 6.58 Å². The second kappa shape index (κ2) is 7.36. The lowest BCUT2D eigenvalue weighted by Crippen LogP contribution is -2.49. The Balaban J connectivity index is 4.18. The van der Waals surface area contributed by atoms with Crippen molar-refractivity contribution in [2.75, 3.05) is 13.2 Å². The number of aliphatic hydroxyl groups excluding tert-OH is 5. The van der Waals surface area contributed by atoms with E-state index in [0.29, 0.717) is 0 Å². The molecule has 7 nitrogen and oxygen atoms in total. The second-order valence-electron chi connectivity index (χ2n) is 3.79. The summed E-state index contributed by atoms with van der Waals surface area (Å²) < 4.78 is 0. The van der Waals surface area contributed by atoms with E-state index >= 15 is 0 Å². The molecule has 17 heavy (non-hydrogen) atoms. The highest BCUT2D eigenvalue weighted by atomic mass is 16.4. The molecule has 0 rings (SSSR count). The molecule has 0 radical (unpaired) electrons. The van der Waals surface area contributed by atoms with E-state index in [4.69, 9.17) is 10.2 Å². The van der Waals surface area contributed by atoms with Crippen LogP contribution in [0.5, 0.6) is 0 Å². The van der Waals surface area contributed by atoms with Gasteiger partial charge >= 0.3 is 0 Å². The highest BCUT2D eigenvalue weighted by molar-refractivity contribution is 5.92. The summed E-state index contributed by atoms with van der Waals surface area (Å²) in [7, 11) is 0. The Kier molecular flexibility index (Phi) is 6.93. The molecule has 7 heteroatoms. The first-order chi connectivity index (χ1) is 7.81. The van der Waals surface area contributed by atoms with Gasteiger partial charge in [-0.15, -0.1) is 0 Å². The van der Waals surface area contributed by atoms with Crippen molar-refractivity contribution >= 4 is 5.91 Å². The number of rotatable bonds is 7. The van der Waals surface area contributed by atoms with Gasteiger partial charge in [0.2, 0.25) is 5.91 Å². The van der Waals surface area contributed by atoms with E-state index in [0.717, 1.165) is 0 Å². The smallest absolute Gasteiger partial charge is 0.246 e. The molecule has 0 aromatic heterocycles. The van der Waals surface area contributed by atoms with E-state index in [-0.39, 0.29) is 12.1 Å². The van der Waals surface area contributed by atoms with Gasteiger partial charge < -0.3 is 30.8 Å². The maximum absolute atomic E-state index is 11.1. The van der Waals surface area contributed by atoms with E-state index < -0.39 is 36.9 Å². The fourth-order valence-corrected chi connectivity index (χ4v) is 1.03. The van der Waals surface area contributed by atoms with Crippen molar-refractivity contribution in [2.24, 2.45) is 0 Å². The summed E-state index contributed by atoms with van der Waals surface area (Å²) in [6, 6.07) is 0. The predicted octanol–water partition coefficient (Wildman–Crippen LogP) is -2.89. The Bertz CT molecular complexity index is 270. The third-order valence-corrected chi connectivity index (χ3v) is 2.18. The maximum atomic E-state index is 11.1. The molecule has 0 spiro atoms. The van der Waals surface area contributed by atoms with E-state index in [1.807, 2.05) is 0 Å². The molecule has 0 saturated carbocycles. The zero-order chi connectivity index (χ0) is 13.6. The van der Waals surface area contributed by atoms with Crippen molar-refractivity contribution in [3.8, 4) is 0 Å². The molecule has 0 aliphatic heterocycles. The van der Waals surface area contributed by atoms with E-state index in [1.54, 1.807) is 0 Å². The first-order valence-electron chi connectivity index (χ1n) is 5.08. The average molecular weight is 249 g/mol. The third kappa shape index (κ3) is 5.24. The summed E-state index contributed by atoms with van der Waals surface area (Å²) in [5, 5.41) is 47.9. The first-order valence-corrected chi connectivity index (χ1v) is 5.08. The summed E-state index contributed by atoms with van der Waals surface area (Å²) in [6.07, 6.45) is -6.40. The Morgan fingerprint density at radius 3 is 2.06 bits per heavy atom. The van der Waals surface area contributed by atoms with Gasteiger partial charge in [0, 0.05) is 12.1 Å². The minimum absolute atomic E-state index is 0.239. The minimum atomic E-state index is -1.70. The second-order valence-corrected chi connectivity index (χ2v) is 3.79. The number of amides is 1. The summed E-state index contributed by atoms with van der Waals surface area (Å²) in [4.78, 5) is 11.1. The van der Waals surface area contributed by atoms with E-state index in [2.05, 4.69) is 11.9 Å². The summed E-state index contributed by atoms with van der Waals surface area (Å²) in [6.45, 7) is 3.80. The first kappa shape index (κ1) is 16.0. The monoisotopic (exact) mass is 249 g/mol. The van der Waals surface area contributed by atoms with Gasteiger partial charge in [-0.2, -0.15) is 0 Å². The van der Waals surface area contributed by atoms with Crippen LogP contribution < -0.4 is 5.32 Å². The van der Waals surface area contributed by atoms with Gasteiger partial charge in [0.1, 0.15) is 18.3 Å². The predicted molar refractivity (Wildman–Crippen MR) is 58.9 cm³/mol. The van der Waals surface area contributed by atoms with Crippen LogP contribution in [0.25, 0.3) is 0 Å². The molecule has 0 aliphatic rings. The van der Waals surface area contributed by atoms with Gasteiger partial charge in [-0.05, 0) is 6.92 Å². The highest BCUT2D eigenvalue weighted by Gasteiger charge is 2.30. The lowest BCUT2D eigenvalue weighted by Gasteiger charge is -2.25. The Labute approximate surface area is 99.0 Å². The molecule has 0 fully saturated rings. The lowest BCUT2D eigenvalue weighted by atomic mass is 10.0. The SMILES string of the molecule is C=C(C)C(=O)NCC(O)C(O)C(O)C(O)CO. The molecule has 0 saturated heterocycles. The summed E-state index contributed by atoms with van der Waals surface area (Å²) >= 11 is 0. The normalized spacial score (nSPS) is 18.0. The average Bonchev–Trinajstić information content (AvgIpc) is 2.32. The molecule has 0 heterocycles. The Morgan fingerprint density at radius 2 is 1.65 bits per heavy atom. The summed E-state index contributed by atoms with van der Waals surface area (Å²) in [5.41, 5.74) is 0.239. The fraction of sp³-hybridized carbons (Fsp3) is 0.700. The Morgan fingerprint density at radius 1 is 1.18 bits per heavy atom. The molecule has 4 unspecified atom stereocenters. The van der Waals surface area contributed by atoms with Crippen molar-refractivity contribution in [3.05, 3.63) is 12.2 Å². The largest absolute Gasteiger partial charge is 0.394 e. The van der Waals surface area contributed by atoms with Gasteiger partial charge in [-0.3, -0.25) is 4.79 Å². The van der Waals surface area contributed by atoms with Crippen molar-refractivity contribution in [3.63, 3.8) is 0 Å². The molecule has 0 aromatic rings. The molecule has 0 aliphatic carbocycles. The van der Waals surface area contributed by atoms with Crippen LogP contribution in [0.15, 0.2) is 12.2 Å². The van der Waals surface area contributed by atoms with Crippen LogP contribution in [-0.2, 0) is 4.79 Å². The Hall–Kier alpha value is -0.990. The topological polar surface area (TPSA) is 130 Å². The number of carbonyl (C=O) groups excluding carboxylic acids is 1. The zero-order valence-corrected chi connectivity index (χ0v) is 9.58. The zero-order valence-electron chi connectivity index (χ0n) is 9.58. The standard InChI is InChI=1S/C10H19NO6/c1-5(2)10(17)11-3-6(13)8(15)9(16)7(14)4-12/h6-9,12-16H,1,3-4H2,2H3,(H,11,17). The highest BCUT2D eigenvalue weighted by Crippen LogP contribution is 2.04. The van der Waals surface area contributed by atoms with E-state index in [9.17, 15) is 20.1 Å². The van der Waals surface area contributed by atoms with Gasteiger partial charge in [-0.25, -0.2) is 0 Å². The van der Waals surface area contributed by atoms with Crippen molar-refractivity contribution in [1.82, 2.24) is 5.32 Å².